The van der Waals surface area contributed by atoms with Gasteiger partial charge in [-0.3, -0.25) is 0 Å². The van der Waals surface area contributed by atoms with Crippen molar-refractivity contribution in [3.8, 4) is 0 Å². The molecule has 17 heavy (non-hydrogen) atoms. The van der Waals surface area contributed by atoms with Gasteiger partial charge >= 0.3 is 11.9 Å². The second kappa shape index (κ2) is 7.86. The van der Waals surface area contributed by atoms with Crippen molar-refractivity contribution < 1.29 is 24.5 Å². The highest BCUT2D eigenvalue weighted by molar-refractivity contribution is 6.18. The number of carbonyl (C=O) groups excluding carboxylic acids is 1. The molecular formula is C11H15ClO5. The van der Waals surface area contributed by atoms with Crippen LogP contribution >= 0.6 is 11.6 Å². The van der Waals surface area contributed by atoms with E-state index in [2.05, 4.69) is 0 Å². The largest absolute Gasteiger partial charge is 0.478 e. The van der Waals surface area contributed by atoms with Gasteiger partial charge in [0.15, 0.2) is 0 Å². The van der Waals surface area contributed by atoms with Gasteiger partial charge in [0.1, 0.15) is 12.7 Å². The van der Waals surface area contributed by atoms with Crippen LogP contribution in [0.2, 0.25) is 0 Å². The van der Waals surface area contributed by atoms with Gasteiger partial charge in [0.05, 0.1) is 5.88 Å². The molecule has 6 heteroatoms. The lowest BCUT2D eigenvalue weighted by Gasteiger charge is -2.07. The first-order chi connectivity index (χ1) is 7.88. The number of carbonyl (C=O) groups is 2. The number of carboxylic acids is 1. The average Bonchev–Trinajstić information content (AvgIpc) is 2.31. The molecule has 1 atom stereocenters. The zero-order valence-electron chi connectivity index (χ0n) is 9.64. The van der Waals surface area contributed by atoms with E-state index in [1.165, 1.54) is 26.0 Å². The van der Waals surface area contributed by atoms with Crippen molar-refractivity contribution in [3.05, 3.63) is 23.3 Å². The van der Waals surface area contributed by atoms with E-state index in [1.807, 2.05) is 0 Å². The van der Waals surface area contributed by atoms with Crippen molar-refractivity contribution >= 4 is 23.5 Å². The van der Waals surface area contributed by atoms with Crippen molar-refractivity contribution in [2.75, 3.05) is 12.5 Å². The number of hydrogen-bond donors (Lipinski definition) is 2. The number of carboxylic acid groups (broad SMARTS) is 1. The third kappa shape index (κ3) is 6.76. The Kier molecular flexibility index (Phi) is 7.25. The van der Waals surface area contributed by atoms with E-state index in [-0.39, 0.29) is 23.6 Å². The van der Waals surface area contributed by atoms with Crippen LogP contribution in [0.15, 0.2) is 23.3 Å². The number of aliphatic carboxylic acids is 1. The van der Waals surface area contributed by atoms with Crippen LogP contribution in [0.25, 0.3) is 0 Å². The summed E-state index contributed by atoms with van der Waals surface area (Å²) in [6, 6.07) is 0. The SMILES string of the molecule is CC(=CC=C(C)C(=O)OCC(O)CCl)C(=O)O. The zero-order valence-corrected chi connectivity index (χ0v) is 10.4. The van der Waals surface area contributed by atoms with Crippen LogP contribution < -0.4 is 0 Å². The van der Waals surface area contributed by atoms with Crippen molar-refractivity contribution in [1.29, 1.82) is 0 Å². The second-order valence-corrected chi connectivity index (χ2v) is 3.72. The molecule has 0 rings (SSSR count). The lowest BCUT2D eigenvalue weighted by molar-refractivity contribution is -0.141. The molecule has 0 aliphatic heterocycles. The summed E-state index contributed by atoms with van der Waals surface area (Å²) < 4.78 is 4.73. The third-order valence-electron chi connectivity index (χ3n) is 1.83. The molecule has 0 heterocycles. The summed E-state index contributed by atoms with van der Waals surface area (Å²) in [6.45, 7) is 2.71. The summed E-state index contributed by atoms with van der Waals surface area (Å²) in [7, 11) is 0. The number of rotatable bonds is 6. The first-order valence-corrected chi connectivity index (χ1v) is 5.41. The lowest BCUT2D eigenvalue weighted by Crippen LogP contribution is -2.20. The highest BCUT2D eigenvalue weighted by atomic mass is 35.5. The normalized spacial score (nSPS) is 14.4. The van der Waals surface area contributed by atoms with E-state index >= 15 is 0 Å². The number of hydrogen-bond acceptors (Lipinski definition) is 4. The van der Waals surface area contributed by atoms with Gasteiger partial charge in [0.25, 0.3) is 0 Å². The summed E-state index contributed by atoms with van der Waals surface area (Å²) >= 11 is 5.32. The highest BCUT2D eigenvalue weighted by Gasteiger charge is 2.09. The van der Waals surface area contributed by atoms with Crippen molar-refractivity contribution in [1.82, 2.24) is 0 Å². The summed E-state index contributed by atoms with van der Waals surface area (Å²) in [5.41, 5.74) is 0.352. The lowest BCUT2D eigenvalue weighted by atomic mass is 10.2. The van der Waals surface area contributed by atoms with Gasteiger partial charge in [0, 0.05) is 11.1 Å². The van der Waals surface area contributed by atoms with Gasteiger partial charge in [-0.15, -0.1) is 11.6 Å². The predicted molar refractivity (Wildman–Crippen MR) is 62.8 cm³/mol. The van der Waals surface area contributed by atoms with Crippen molar-refractivity contribution in [2.45, 2.75) is 20.0 Å². The fraction of sp³-hybridized carbons (Fsp3) is 0.455. The molecule has 0 aromatic carbocycles. The molecule has 0 saturated carbocycles. The number of alkyl halides is 1. The summed E-state index contributed by atoms with van der Waals surface area (Å²) in [5.74, 6) is -1.70. The predicted octanol–water partition coefficient (Wildman–Crippen LogP) is 1.11. The Morgan fingerprint density at radius 2 is 1.82 bits per heavy atom. The fourth-order valence-corrected chi connectivity index (χ4v) is 0.809. The topological polar surface area (TPSA) is 83.8 Å². The molecule has 2 N–H and O–H groups in total. The van der Waals surface area contributed by atoms with E-state index in [0.29, 0.717) is 0 Å². The standard InChI is InChI=1S/C11H15ClO5/c1-7(10(14)15)3-4-8(2)11(16)17-6-9(13)5-12/h3-4,9,13H,5-6H2,1-2H3,(H,14,15). The maximum Gasteiger partial charge on any atom is 0.333 e. The molecule has 0 aromatic heterocycles. The average molecular weight is 263 g/mol. The van der Waals surface area contributed by atoms with Crippen LogP contribution in [0.5, 0.6) is 0 Å². The minimum atomic E-state index is -1.06. The number of esters is 1. The molecule has 1 unspecified atom stereocenters. The minimum Gasteiger partial charge on any atom is -0.478 e. The number of halogens is 1. The maximum atomic E-state index is 11.3. The Labute approximate surface area is 104 Å². The first kappa shape index (κ1) is 15.7. The Balaban J connectivity index is 4.35. The van der Waals surface area contributed by atoms with E-state index in [0.717, 1.165) is 0 Å². The molecule has 5 nitrogen and oxygen atoms in total. The number of allylic oxidation sites excluding steroid dienone is 2. The number of ether oxygens (including phenoxy) is 1. The van der Waals surface area contributed by atoms with E-state index in [4.69, 9.17) is 26.6 Å². The Morgan fingerprint density at radius 1 is 1.29 bits per heavy atom. The summed E-state index contributed by atoms with van der Waals surface area (Å²) in [6.07, 6.45) is 1.75. The van der Waals surface area contributed by atoms with Crippen molar-refractivity contribution in [2.24, 2.45) is 0 Å². The molecule has 0 radical (unpaired) electrons. The maximum absolute atomic E-state index is 11.3. The molecule has 96 valence electrons. The Hall–Kier alpha value is -1.33. The van der Waals surface area contributed by atoms with Gasteiger partial charge in [0.2, 0.25) is 0 Å². The third-order valence-corrected chi connectivity index (χ3v) is 2.18. The molecular weight excluding hydrogens is 248 g/mol. The molecule has 0 amide bonds. The van der Waals surface area contributed by atoms with Gasteiger partial charge in [-0.05, 0) is 13.8 Å². The Morgan fingerprint density at radius 3 is 2.29 bits per heavy atom. The molecule has 0 aromatic rings. The molecule has 0 fully saturated rings. The molecule has 0 saturated heterocycles. The Bertz CT molecular complexity index is 346. The highest BCUT2D eigenvalue weighted by Crippen LogP contribution is 2.01. The van der Waals surface area contributed by atoms with Crippen LogP contribution in [-0.4, -0.2) is 40.7 Å². The van der Waals surface area contributed by atoms with Crippen LogP contribution in [0.3, 0.4) is 0 Å². The number of aliphatic hydroxyl groups excluding tert-OH is 1. The molecule has 0 aliphatic carbocycles. The molecule has 0 aliphatic rings. The van der Waals surface area contributed by atoms with Gasteiger partial charge < -0.3 is 14.9 Å². The zero-order chi connectivity index (χ0) is 13.4. The van der Waals surface area contributed by atoms with Crippen LogP contribution in [0, 0.1) is 0 Å². The van der Waals surface area contributed by atoms with Gasteiger partial charge in [-0.2, -0.15) is 0 Å². The monoisotopic (exact) mass is 262 g/mol. The van der Waals surface area contributed by atoms with Gasteiger partial charge in [-0.1, -0.05) is 12.2 Å². The smallest absolute Gasteiger partial charge is 0.333 e. The summed E-state index contributed by atoms with van der Waals surface area (Å²) in [4.78, 5) is 21.8. The van der Waals surface area contributed by atoms with E-state index in [9.17, 15) is 9.59 Å². The number of aliphatic hydroxyl groups is 1. The fourth-order valence-electron chi connectivity index (χ4n) is 0.720. The van der Waals surface area contributed by atoms with E-state index < -0.39 is 18.0 Å². The molecule has 0 bridgehead atoms. The molecule has 0 spiro atoms. The first-order valence-electron chi connectivity index (χ1n) is 4.88. The second-order valence-electron chi connectivity index (χ2n) is 3.41. The minimum absolute atomic E-state index is 0.0198. The van der Waals surface area contributed by atoms with Crippen LogP contribution in [-0.2, 0) is 14.3 Å². The van der Waals surface area contributed by atoms with Crippen LogP contribution in [0.4, 0.5) is 0 Å². The van der Waals surface area contributed by atoms with E-state index in [1.54, 1.807) is 0 Å². The van der Waals surface area contributed by atoms with Gasteiger partial charge in [-0.25, -0.2) is 9.59 Å². The van der Waals surface area contributed by atoms with Crippen molar-refractivity contribution in [3.63, 3.8) is 0 Å². The summed E-state index contributed by atoms with van der Waals surface area (Å²) in [5, 5.41) is 17.6. The van der Waals surface area contributed by atoms with Crippen LogP contribution in [0.1, 0.15) is 13.8 Å². The quantitative estimate of drug-likeness (QED) is 0.324.